The van der Waals surface area contributed by atoms with Gasteiger partial charge >= 0.3 is 0 Å². The zero-order valence-corrected chi connectivity index (χ0v) is 13.5. The van der Waals surface area contributed by atoms with Gasteiger partial charge in [-0.25, -0.2) is 0 Å². The number of benzene rings is 2. The Balaban J connectivity index is 1.66. The average molecular weight is 311 g/mol. The molecule has 0 fully saturated rings. The third-order valence-corrected chi connectivity index (χ3v) is 4.23. The van der Waals surface area contributed by atoms with Crippen LogP contribution < -0.4 is 14.8 Å². The Labute approximate surface area is 136 Å². The van der Waals surface area contributed by atoms with Crippen LogP contribution in [0.3, 0.4) is 0 Å². The van der Waals surface area contributed by atoms with Gasteiger partial charge in [-0.15, -0.1) is 0 Å². The summed E-state index contributed by atoms with van der Waals surface area (Å²) >= 11 is 0. The minimum Gasteiger partial charge on any atom is -0.497 e. The summed E-state index contributed by atoms with van der Waals surface area (Å²) in [5, 5.41) is 2.63. The number of amides is 1. The lowest BCUT2D eigenvalue weighted by atomic mass is 9.90. The van der Waals surface area contributed by atoms with Gasteiger partial charge in [-0.1, -0.05) is 18.2 Å². The highest BCUT2D eigenvalue weighted by Gasteiger charge is 2.20. The molecule has 2 aromatic carbocycles. The molecular formula is C19H21NO3. The van der Waals surface area contributed by atoms with Crippen molar-refractivity contribution in [1.82, 2.24) is 5.32 Å². The summed E-state index contributed by atoms with van der Waals surface area (Å²) in [6.07, 6.45) is 1.94. The van der Waals surface area contributed by atoms with E-state index in [1.54, 1.807) is 14.2 Å². The Bertz CT molecular complexity index is 694. The van der Waals surface area contributed by atoms with Crippen LogP contribution in [-0.4, -0.2) is 26.7 Å². The summed E-state index contributed by atoms with van der Waals surface area (Å²) in [5.74, 6) is 2.14. The fourth-order valence-electron chi connectivity index (χ4n) is 2.94. The Morgan fingerprint density at radius 2 is 2.04 bits per heavy atom. The van der Waals surface area contributed by atoms with Gasteiger partial charge in [0.2, 0.25) is 0 Å². The highest BCUT2D eigenvalue weighted by Crippen LogP contribution is 2.32. The quantitative estimate of drug-likeness (QED) is 0.944. The molecule has 0 bridgehead atoms. The van der Waals surface area contributed by atoms with Crippen molar-refractivity contribution in [2.45, 2.75) is 12.8 Å². The lowest BCUT2D eigenvalue weighted by Gasteiger charge is -2.25. The molecule has 2 aromatic rings. The van der Waals surface area contributed by atoms with Crippen LogP contribution in [0.1, 0.15) is 21.5 Å². The number of rotatable bonds is 4. The molecular weight excluding hydrogens is 290 g/mol. The van der Waals surface area contributed by atoms with E-state index in [1.165, 1.54) is 11.1 Å². The monoisotopic (exact) mass is 311 g/mol. The van der Waals surface area contributed by atoms with Crippen molar-refractivity contribution in [2.24, 2.45) is 5.92 Å². The molecule has 0 radical (unpaired) electrons. The molecule has 4 nitrogen and oxygen atoms in total. The van der Waals surface area contributed by atoms with Crippen LogP contribution in [0, 0.1) is 5.92 Å². The number of carbonyl (C=O) groups excluding carboxylic acids is 1. The molecule has 4 heteroatoms. The van der Waals surface area contributed by atoms with Crippen LogP contribution >= 0.6 is 0 Å². The molecule has 0 aliphatic carbocycles. The number of ether oxygens (including phenoxy) is 2. The predicted octanol–water partition coefficient (Wildman–Crippen LogP) is 2.85. The van der Waals surface area contributed by atoms with E-state index in [0.29, 0.717) is 18.1 Å². The first-order valence-corrected chi connectivity index (χ1v) is 7.80. The van der Waals surface area contributed by atoms with E-state index < -0.39 is 0 Å². The van der Waals surface area contributed by atoms with Crippen molar-refractivity contribution >= 4 is 5.91 Å². The summed E-state index contributed by atoms with van der Waals surface area (Å²) in [6, 6.07) is 13.8. The second kappa shape index (κ2) is 6.73. The first-order chi connectivity index (χ1) is 11.2. The lowest BCUT2D eigenvalue weighted by Crippen LogP contribution is -2.23. The van der Waals surface area contributed by atoms with E-state index in [-0.39, 0.29) is 5.91 Å². The summed E-state index contributed by atoms with van der Waals surface area (Å²) in [4.78, 5) is 11.6. The number of hydrogen-bond acceptors (Lipinski definition) is 3. The number of hydrogen-bond donors (Lipinski definition) is 1. The molecule has 1 atom stereocenters. The third-order valence-electron chi connectivity index (χ3n) is 4.23. The minimum atomic E-state index is -0.0552. The summed E-state index contributed by atoms with van der Waals surface area (Å²) in [7, 11) is 3.30. The van der Waals surface area contributed by atoms with Crippen LogP contribution in [0.25, 0.3) is 0 Å². The Hall–Kier alpha value is -2.49. The zero-order chi connectivity index (χ0) is 16.2. The number of nitrogens with one attached hydrogen (secondary N) is 1. The summed E-state index contributed by atoms with van der Waals surface area (Å²) in [6.45, 7) is 0.706. The molecule has 1 aliphatic heterocycles. The molecule has 23 heavy (non-hydrogen) atoms. The highest BCUT2D eigenvalue weighted by atomic mass is 16.5. The normalized spacial score (nSPS) is 16.2. The molecule has 0 saturated carbocycles. The maximum Gasteiger partial charge on any atom is 0.251 e. The molecule has 3 rings (SSSR count). The van der Waals surface area contributed by atoms with Crippen molar-refractivity contribution in [3.05, 3.63) is 59.2 Å². The number of fused-ring (bicyclic) bond motifs is 1. The first-order valence-electron chi connectivity index (χ1n) is 7.80. The molecule has 1 aliphatic rings. The van der Waals surface area contributed by atoms with Crippen LogP contribution in [0.4, 0.5) is 0 Å². The van der Waals surface area contributed by atoms with Crippen LogP contribution in [0.5, 0.6) is 11.5 Å². The van der Waals surface area contributed by atoms with Gasteiger partial charge in [-0.3, -0.25) is 4.79 Å². The smallest absolute Gasteiger partial charge is 0.251 e. The van der Waals surface area contributed by atoms with Gasteiger partial charge in [0.25, 0.3) is 5.91 Å². The fourth-order valence-corrected chi connectivity index (χ4v) is 2.94. The lowest BCUT2D eigenvalue weighted by molar-refractivity contribution is 0.0963. The molecule has 1 amide bonds. The van der Waals surface area contributed by atoms with Crippen LogP contribution in [0.2, 0.25) is 0 Å². The number of carbonyl (C=O) groups is 1. The highest BCUT2D eigenvalue weighted by molar-refractivity contribution is 5.93. The molecule has 0 aromatic heterocycles. The first kappa shape index (κ1) is 15.4. The van der Waals surface area contributed by atoms with Crippen molar-refractivity contribution in [2.75, 3.05) is 20.8 Å². The van der Waals surface area contributed by atoms with Crippen molar-refractivity contribution in [3.63, 3.8) is 0 Å². The SMILES string of the molecule is CNC(=O)c1ccc(C[C@H]2COc3cc(OC)ccc3C2)cc1. The Morgan fingerprint density at radius 3 is 2.74 bits per heavy atom. The van der Waals surface area contributed by atoms with Gasteiger partial charge in [0.05, 0.1) is 13.7 Å². The molecule has 0 saturated heterocycles. The average Bonchev–Trinajstić information content (AvgIpc) is 2.61. The molecule has 0 spiro atoms. The standard InChI is InChI=1S/C19H21NO3/c1-20-19(21)15-5-3-13(4-6-15)9-14-10-16-7-8-17(22-2)11-18(16)23-12-14/h3-8,11,14H,9-10,12H2,1-2H3,(H,20,21)/t14-/m1/s1. The van der Waals surface area contributed by atoms with E-state index >= 15 is 0 Å². The zero-order valence-electron chi connectivity index (χ0n) is 13.5. The van der Waals surface area contributed by atoms with Crippen molar-refractivity contribution in [3.8, 4) is 11.5 Å². The second-order valence-electron chi connectivity index (χ2n) is 5.83. The fraction of sp³-hybridized carbons (Fsp3) is 0.316. The maximum absolute atomic E-state index is 11.6. The van der Waals surface area contributed by atoms with Crippen LogP contribution in [0.15, 0.2) is 42.5 Å². The Kier molecular flexibility index (Phi) is 4.51. The minimum absolute atomic E-state index is 0.0552. The van der Waals surface area contributed by atoms with Gasteiger partial charge in [0, 0.05) is 24.6 Å². The molecule has 1 N–H and O–H groups in total. The third kappa shape index (κ3) is 3.47. The van der Waals surface area contributed by atoms with E-state index in [1.807, 2.05) is 36.4 Å². The van der Waals surface area contributed by atoms with E-state index in [9.17, 15) is 4.79 Å². The van der Waals surface area contributed by atoms with Gasteiger partial charge in [-0.2, -0.15) is 0 Å². The largest absolute Gasteiger partial charge is 0.497 e. The summed E-state index contributed by atoms with van der Waals surface area (Å²) in [5.41, 5.74) is 3.14. The van der Waals surface area contributed by atoms with Crippen molar-refractivity contribution in [1.29, 1.82) is 0 Å². The van der Waals surface area contributed by atoms with Crippen molar-refractivity contribution < 1.29 is 14.3 Å². The van der Waals surface area contributed by atoms with E-state index in [4.69, 9.17) is 9.47 Å². The van der Waals surface area contributed by atoms with Gasteiger partial charge in [0.15, 0.2) is 0 Å². The van der Waals surface area contributed by atoms with E-state index in [0.717, 1.165) is 24.3 Å². The molecule has 120 valence electrons. The van der Waals surface area contributed by atoms with Gasteiger partial charge in [-0.05, 0) is 42.2 Å². The topological polar surface area (TPSA) is 47.6 Å². The maximum atomic E-state index is 11.6. The molecule has 0 unspecified atom stereocenters. The second-order valence-corrected chi connectivity index (χ2v) is 5.83. The van der Waals surface area contributed by atoms with E-state index in [2.05, 4.69) is 11.4 Å². The van der Waals surface area contributed by atoms with Crippen LogP contribution in [-0.2, 0) is 12.8 Å². The molecule has 1 heterocycles. The van der Waals surface area contributed by atoms with Gasteiger partial charge < -0.3 is 14.8 Å². The van der Waals surface area contributed by atoms with Gasteiger partial charge in [0.1, 0.15) is 11.5 Å². The number of methoxy groups -OCH3 is 1. The summed E-state index contributed by atoms with van der Waals surface area (Å²) < 4.78 is 11.1. The predicted molar refractivity (Wildman–Crippen MR) is 89.2 cm³/mol. The Morgan fingerprint density at radius 1 is 1.26 bits per heavy atom.